The van der Waals surface area contributed by atoms with Crippen molar-refractivity contribution in [3.05, 3.63) is 91.6 Å². The average Bonchev–Trinajstić information content (AvgIpc) is 2.95. The zero-order chi connectivity index (χ0) is 37.0. The summed E-state index contributed by atoms with van der Waals surface area (Å²) in [4.78, 5) is 40.8. The van der Waals surface area contributed by atoms with Gasteiger partial charge < -0.3 is 19.9 Å². The number of hydrogen-bond acceptors (Lipinski definition) is 4. The summed E-state index contributed by atoms with van der Waals surface area (Å²) in [7, 11) is 3.31. The van der Waals surface area contributed by atoms with E-state index in [1.807, 2.05) is 0 Å². The molecule has 0 aliphatic heterocycles. The summed E-state index contributed by atoms with van der Waals surface area (Å²) < 4.78 is 89.3. The molecule has 2 aromatic carbocycles. The normalized spacial score (nSPS) is 12.9. The van der Waals surface area contributed by atoms with Gasteiger partial charge in [-0.15, -0.1) is 5.92 Å². The third kappa shape index (κ3) is 9.32. The molecule has 0 fully saturated rings. The van der Waals surface area contributed by atoms with Gasteiger partial charge in [0.25, 0.3) is 5.56 Å². The van der Waals surface area contributed by atoms with E-state index in [2.05, 4.69) is 17.2 Å². The molecule has 264 valence electrons. The lowest BCUT2D eigenvalue weighted by Gasteiger charge is -2.27. The second-order valence-corrected chi connectivity index (χ2v) is 12.6. The van der Waals surface area contributed by atoms with Crippen molar-refractivity contribution < 1.29 is 41.0 Å². The molecule has 3 aromatic rings. The Bertz CT molecular complexity index is 1830. The highest BCUT2D eigenvalue weighted by Crippen LogP contribution is 2.38. The standard InChI is InChI=1S/C36H39F6N3O4/c1-8-9-22-15-26(38)33(34(39)32(22)31-20(4)13-24(37)14-21(31)5)27(17-30(47)48)43-35(49)28(12-19(2)3)45-18-23(10-11-44(6)7)25(16-29(45)46)36(40,41)42/h13-16,18-19,27-28H,10-12,17H2,1-7H3,(H,43,49)(H,47,48)/t27?,28-/m1/s1. The van der Waals surface area contributed by atoms with Gasteiger partial charge >= 0.3 is 12.1 Å². The number of carbonyl (C=O) groups excluding carboxylic acids is 1. The third-order valence-corrected chi connectivity index (χ3v) is 7.93. The van der Waals surface area contributed by atoms with E-state index >= 15 is 8.78 Å². The largest absolute Gasteiger partial charge is 0.481 e. The van der Waals surface area contributed by atoms with E-state index in [-0.39, 0.29) is 58.7 Å². The first kappa shape index (κ1) is 38.9. The van der Waals surface area contributed by atoms with E-state index in [0.717, 1.165) is 29.0 Å². The second kappa shape index (κ2) is 15.8. The van der Waals surface area contributed by atoms with Crippen LogP contribution in [-0.4, -0.2) is 47.1 Å². The Morgan fingerprint density at radius 1 is 1.02 bits per heavy atom. The van der Waals surface area contributed by atoms with Gasteiger partial charge in [-0.2, -0.15) is 13.2 Å². The predicted octanol–water partition coefficient (Wildman–Crippen LogP) is 6.96. The molecule has 0 spiro atoms. The number of rotatable bonds is 12. The van der Waals surface area contributed by atoms with E-state index in [1.165, 1.54) is 20.8 Å². The van der Waals surface area contributed by atoms with Crippen LogP contribution in [0, 0.1) is 49.1 Å². The van der Waals surface area contributed by atoms with Crippen LogP contribution in [0.3, 0.4) is 0 Å². The fourth-order valence-corrected chi connectivity index (χ4v) is 5.84. The van der Waals surface area contributed by atoms with Crippen molar-refractivity contribution >= 4 is 11.9 Å². The number of likely N-dealkylation sites (N-methyl/N-ethyl adjacent to an activating group) is 1. The van der Waals surface area contributed by atoms with Gasteiger partial charge in [0.05, 0.1) is 18.0 Å². The zero-order valence-electron chi connectivity index (χ0n) is 28.3. The minimum absolute atomic E-state index is 0.0841. The Kier molecular flexibility index (Phi) is 12.5. The fraction of sp³-hybridized carbons (Fsp3) is 0.417. The molecule has 2 N–H and O–H groups in total. The van der Waals surface area contributed by atoms with E-state index in [9.17, 15) is 37.1 Å². The van der Waals surface area contributed by atoms with Crippen molar-refractivity contribution in [2.24, 2.45) is 5.92 Å². The van der Waals surface area contributed by atoms with E-state index in [4.69, 9.17) is 0 Å². The molecule has 0 aliphatic rings. The minimum atomic E-state index is -4.86. The van der Waals surface area contributed by atoms with Crippen LogP contribution < -0.4 is 10.9 Å². The molecule has 0 saturated carbocycles. The van der Waals surface area contributed by atoms with Gasteiger partial charge in [-0.1, -0.05) is 19.8 Å². The van der Waals surface area contributed by atoms with Crippen molar-refractivity contribution in [3.63, 3.8) is 0 Å². The molecule has 1 amide bonds. The quantitative estimate of drug-likeness (QED) is 0.158. The fourth-order valence-electron chi connectivity index (χ4n) is 5.84. The molecule has 1 unspecified atom stereocenters. The molecule has 1 aromatic heterocycles. The Labute approximate surface area is 280 Å². The van der Waals surface area contributed by atoms with Crippen molar-refractivity contribution in [2.75, 3.05) is 20.6 Å². The van der Waals surface area contributed by atoms with Crippen molar-refractivity contribution in [1.29, 1.82) is 0 Å². The summed E-state index contributed by atoms with van der Waals surface area (Å²) >= 11 is 0. The number of carboxylic acids is 1. The van der Waals surface area contributed by atoms with E-state index in [1.54, 1.807) is 32.8 Å². The van der Waals surface area contributed by atoms with Gasteiger partial charge in [0.2, 0.25) is 5.91 Å². The number of hydrogen-bond donors (Lipinski definition) is 2. The first-order valence-electron chi connectivity index (χ1n) is 15.5. The van der Waals surface area contributed by atoms with E-state index in [0.29, 0.717) is 6.07 Å². The number of amides is 1. The molecular formula is C36H39F6N3O4. The maximum atomic E-state index is 16.7. The maximum absolute atomic E-state index is 16.7. The monoisotopic (exact) mass is 691 g/mol. The summed E-state index contributed by atoms with van der Waals surface area (Å²) in [6.07, 6.45) is -5.09. The van der Waals surface area contributed by atoms with Crippen LogP contribution in [0.2, 0.25) is 0 Å². The lowest BCUT2D eigenvalue weighted by molar-refractivity contribution is -0.139. The number of aryl methyl sites for hydroxylation is 2. The number of carboxylic acid groups (broad SMARTS) is 1. The zero-order valence-corrected chi connectivity index (χ0v) is 28.3. The van der Waals surface area contributed by atoms with Crippen LogP contribution in [0.25, 0.3) is 11.1 Å². The lowest BCUT2D eigenvalue weighted by atomic mass is 9.88. The number of halogens is 6. The summed E-state index contributed by atoms with van der Waals surface area (Å²) in [5.74, 6) is -0.718. The topological polar surface area (TPSA) is 91.6 Å². The Hall–Kier alpha value is -4.57. The Morgan fingerprint density at radius 3 is 2.14 bits per heavy atom. The lowest BCUT2D eigenvalue weighted by Crippen LogP contribution is -2.41. The maximum Gasteiger partial charge on any atom is 0.416 e. The SMILES string of the molecule is CC#Cc1cc(F)c(C(CC(=O)O)NC(=O)[C@@H](CC(C)C)n2cc(CCN(C)C)c(C(F)(F)F)cc2=O)c(F)c1-c1c(C)cc(F)cc1C. The molecule has 49 heavy (non-hydrogen) atoms. The van der Waals surface area contributed by atoms with Gasteiger partial charge in [0, 0.05) is 35.5 Å². The molecule has 0 saturated heterocycles. The molecule has 13 heteroatoms. The van der Waals surface area contributed by atoms with Gasteiger partial charge in [0.1, 0.15) is 23.5 Å². The number of alkyl halides is 3. The molecule has 0 bridgehead atoms. The number of pyridine rings is 1. The third-order valence-electron chi connectivity index (χ3n) is 7.93. The number of aliphatic carboxylic acids is 1. The van der Waals surface area contributed by atoms with Crippen molar-refractivity contribution in [2.45, 2.75) is 72.1 Å². The second-order valence-electron chi connectivity index (χ2n) is 12.6. The first-order chi connectivity index (χ1) is 22.8. The van der Waals surface area contributed by atoms with Crippen molar-refractivity contribution in [3.8, 4) is 23.0 Å². The summed E-state index contributed by atoms with van der Waals surface area (Å²) in [6.45, 7) is 8.05. The van der Waals surface area contributed by atoms with Crippen LogP contribution in [0.4, 0.5) is 26.3 Å². The molecule has 7 nitrogen and oxygen atoms in total. The average molecular weight is 692 g/mol. The minimum Gasteiger partial charge on any atom is -0.481 e. The summed E-state index contributed by atoms with van der Waals surface area (Å²) in [5.41, 5.74) is -2.91. The van der Waals surface area contributed by atoms with Crippen molar-refractivity contribution in [1.82, 2.24) is 14.8 Å². The van der Waals surface area contributed by atoms with Crippen LogP contribution in [0.1, 0.15) is 79.1 Å². The van der Waals surface area contributed by atoms with Crippen LogP contribution in [-0.2, 0) is 22.2 Å². The van der Waals surface area contributed by atoms with Crippen LogP contribution in [0.15, 0.2) is 35.3 Å². The Balaban J connectivity index is 2.25. The van der Waals surface area contributed by atoms with Gasteiger partial charge in [-0.25, -0.2) is 13.2 Å². The highest BCUT2D eigenvalue weighted by molar-refractivity contribution is 5.83. The number of aromatic nitrogens is 1. The van der Waals surface area contributed by atoms with Crippen LogP contribution in [0.5, 0.6) is 0 Å². The molecule has 3 rings (SSSR count). The number of carbonyl (C=O) groups is 2. The predicted molar refractivity (Wildman–Crippen MR) is 173 cm³/mol. The summed E-state index contributed by atoms with van der Waals surface area (Å²) in [5, 5.41) is 12.1. The molecule has 1 heterocycles. The first-order valence-corrected chi connectivity index (χ1v) is 15.5. The number of nitrogens with zero attached hydrogens (tertiary/aromatic N) is 2. The highest BCUT2D eigenvalue weighted by Gasteiger charge is 2.36. The van der Waals surface area contributed by atoms with E-state index < -0.39 is 70.7 Å². The van der Waals surface area contributed by atoms with Gasteiger partial charge in [-0.05, 0) is 94.1 Å². The molecule has 0 radical (unpaired) electrons. The summed E-state index contributed by atoms with van der Waals surface area (Å²) in [6, 6.07) is 0.303. The number of benzene rings is 2. The molecule has 0 aliphatic carbocycles. The highest BCUT2D eigenvalue weighted by atomic mass is 19.4. The van der Waals surface area contributed by atoms with Gasteiger partial charge in [-0.3, -0.25) is 14.4 Å². The molecular weight excluding hydrogens is 652 g/mol. The Morgan fingerprint density at radius 2 is 1.63 bits per heavy atom. The number of nitrogens with one attached hydrogen (secondary N) is 1. The smallest absolute Gasteiger partial charge is 0.416 e. The molecule has 2 atom stereocenters. The van der Waals surface area contributed by atoms with Crippen LogP contribution >= 0.6 is 0 Å². The van der Waals surface area contributed by atoms with Gasteiger partial charge in [0.15, 0.2) is 0 Å².